The fourth-order valence-corrected chi connectivity index (χ4v) is 1.83. The molecule has 0 spiro atoms. The summed E-state index contributed by atoms with van der Waals surface area (Å²) in [7, 11) is 3.41. The molecule has 0 saturated heterocycles. The third-order valence-corrected chi connectivity index (χ3v) is 2.89. The van der Waals surface area contributed by atoms with Gasteiger partial charge in [0.15, 0.2) is 5.56 Å². The minimum absolute atomic E-state index is 0.0532. The third-order valence-electron chi connectivity index (χ3n) is 2.89. The molecular weight excluding hydrogens is 274 g/mol. The van der Waals surface area contributed by atoms with Gasteiger partial charge in [0.05, 0.1) is 10.6 Å². The van der Waals surface area contributed by atoms with Gasteiger partial charge in [0.25, 0.3) is 5.69 Å². The van der Waals surface area contributed by atoms with Crippen LogP contribution < -0.4 is 10.5 Å². The minimum Gasteiger partial charge on any atom is -0.422 e. The van der Waals surface area contributed by atoms with Crippen LogP contribution in [0.2, 0.25) is 0 Å². The number of nitro benzene ring substituents is 1. The second-order valence-corrected chi connectivity index (χ2v) is 4.47. The minimum atomic E-state index is -0.739. The molecule has 0 N–H and O–H groups in total. The first-order valence-corrected chi connectivity index (χ1v) is 5.94. The molecule has 1 heterocycles. The van der Waals surface area contributed by atoms with Crippen molar-refractivity contribution in [3.05, 3.63) is 56.4 Å². The number of hydrogen-bond donors (Lipinski definition) is 0. The van der Waals surface area contributed by atoms with Crippen LogP contribution in [0, 0.1) is 21.4 Å². The van der Waals surface area contributed by atoms with Crippen LogP contribution in [0.3, 0.4) is 0 Å². The largest absolute Gasteiger partial charge is 0.422 e. The number of hydrogen-bond acceptors (Lipinski definition) is 6. The maximum atomic E-state index is 11.8. The van der Waals surface area contributed by atoms with Crippen molar-refractivity contribution < 1.29 is 9.34 Å². The van der Waals surface area contributed by atoms with Gasteiger partial charge >= 0.3 is 5.63 Å². The molecule has 0 fully saturated rings. The second kappa shape index (κ2) is 5.46. The number of rotatable bonds is 3. The average molecular weight is 285 g/mol. The maximum absolute atomic E-state index is 11.8. The summed E-state index contributed by atoms with van der Waals surface area (Å²) in [5.74, 6) is 0.248. The van der Waals surface area contributed by atoms with Crippen molar-refractivity contribution in [2.75, 3.05) is 19.0 Å². The Labute approximate surface area is 119 Å². The van der Waals surface area contributed by atoms with Gasteiger partial charge in [-0.15, -0.1) is 0 Å². The van der Waals surface area contributed by atoms with Crippen LogP contribution >= 0.6 is 0 Å². The van der Waals surface area contributed by atoms with E-state index in [4.69, 9.17) is 9.68 Å². The number of benzene rings is 1. The first kappa shape index (κ1) is 14.3. The van der Waals surface area contributed by atoms with Gasteiger partial charge < -0.3 is 9.32 Å². The standard InChI is InChI=1S/C14H11N3O4/c1-16(2)12-7-13(21-14(18)11(12)8-15)9-3-5-10(6-4-9)17(19)20/h3-7H,1-2H3. The van der Waals surface area contributed by atoms with Gasteiger partial charge in [0.2, 0.25) is 0 Å². The molecule has 0 amide bonds. The molecule has 0 aliphatic heterocycles. The van der Waals surface area contributed by atoms with Crippen LogP contribution in [0.4, 0.5) is 11.4 Å². The van der Waals surface area contributed by atoms with E-state index in [9.17, 15) is 14.9 Å². The summed E-state index contributed by atoms with van der Waals surface area (Å²) in [6.45, 7) is 0. The fourth-order valence-electron chi connectivity index (χ4n) is 1.83. The number of nitriles is 1. The van der Waals surface area contributed by atoms with E-state index in [0.717, 1.165) is 0 Å². The summed E-state index contributed by atoms with van der Waals surface area (Å²) in [6, 6.07) is 8.99. The van der Waals surface area contributed by atoms with E-state index in [1.54, 1.807) is 25.1 Å². The predicted molar refractivity (Wildman–Crippen MR) is 76.1 cm³/mol. The van der Waals surface area contributed by atoms with E-state index in [0.29, 0.717) is 11.3 Å². The Morgan fingerprint density at radius 1 is 1.29 bits per heavy atom. The van der Waals surface area contributed by atoms with E-state index in [1.807, 2.05) is 6.07 Å². The SMILES string of the molecule is CN(C)c1cc(-c2ccc([N+](=O)[O-])cc2)oc(=O)c1C#N. The number of nitro groups is 1. The van der Waals surface area contributed by atoms with E-state index >= 15 is 0 Å². The lowest BCUT2D eigenvalue weighted by molar-refractivity contribution is -0.384. The molecule has 0 bridgehead atoms. The number of nitrogens with zero attached hydrogens (tertiary/aromatic N) is 3. The molecule has 7 heteroatoms. The van der Waals surface area contributed by atoms with Gasteiger partial charge in [-0.1, -0.05) is 0 Å². The lowest BCUT2D eigenvalue weighted by atomic mass is 10.1. The van der Waals surface area contributed by atoms with E-state index in [-0.39, 0.29) is 17.0 Å². The lowest BCUT2D eigenvalue weighted by Crippen LogP contribution is -2.16. The molecule has 0 radical (unpaired) electrons. The van der Waals surface area contributed by atoms with Crippen LogP contribution in [-0.4, -0.2) is 19.0 Å². The van der Waals surface area contributed by atoms with Crippen molar-refractivity contribution >= 4 is 11.4 Å². The molecule has 106 valence electrons. The molecular formula is C14H11N3O4. The first-order valence-electron chi connectivity index (χ1n) is 5.94. The molecule has 0 atom stereocenters. The highest BCUT2D eigenvalue weighted by molar-refractivity contribution is 5.67. The van der Waals surface area contributed by atoms with Gasteiger partial charge in [-0.25, -0.2) is 4.79 Å². The quantitative estimate of drug-likeness (QED) is 0.632. The normalized spacial score (nSPS) is 9.95. The molecule has 7 nitrogen and oxygen atoms in total. The van der Waals surface area contributed by atoms with Crippen molar-refractivity contribution in [2.24, 2.45) is 0 Å². The summed E-state index contributed by atoms with van der Waals surface area (Å²) >= 11 is 0. The Balaban J connectivity index is 2.57. The zero-order valence-electron chi connectivity index (χ0n) is 11.4. The van der Waals surface area contributed by atoms with E-state index in [2.05, 4.69) is 0 Å². The van der Waals surface area contributed by atoms with Crippen LogP contribution in [0.1, 0.15) is 5.56 Å². The Bertz CT molecular complexity index is 785. The van der Waals surface area contributed by atoms with E-state index in [1.165, 1.54) is 24.3 Å². The van der Waals surface area contributed by atoms with Crippen LogP contribution in [0.5, 0.6) is 0 Å². The van der Waals surface area contributed by atoms with Gasteiger partial charge in [0.1, 0.15) is 11.8 Å². The number of anilines is 1. The van der Waals surface area contributed by atoms with Crippen molar-refractivity contribution in [1.29, 1.82) is 5.26 Å². The van der Waals surface area contributed by atoms with E-state index < -0.39 is 10.5 Å². The van der Waals surface area contributed by atoms with Crippen LogP contribution in [-0.2, 0) is 0 Å². The summed E-state index contributed by atoms with van der Waals surface area (Å²) in [5.41, 5.74) is 0.0812. The second-order valence-electron chi connectivity index (χ2n) is 4.47. The summed E-state index contributed by atoms with van der Waals surface area (Å²) in [5, 5.41) is 19.6. The predicted octanol–water partition coefficient (Wildman–Crippen LogP) is 2.15. The Kier molecular flexibility index (Phi) is 3.71. The molecule has 0 saturated carbocycles. The highest BCUT2D eigenvalue weighted by atomic mass is 16.6. The van der Waals surface area contributed by atoms with Gasteiger partial charge in [-0.05, 0) is 12.1 Å². The smallest absolute Gasteiger partial charge is 0.356 e. The number of non-ortho nitro benzene ring substituents is 1. The zero-order valence-corrected chi connectivity index (χ0v) is 11.4. The maximum Gasteiger partial charge on any atom is 0.356 e. The van der Waals surface area contributed by atoms with Gasteiger partial charge in [-0.3, -0.25) is 10.1 Å². The molecule has 0 unspecified atom stereocenters. The summed E-state index contributed by atoms with van der Waals surface area (Å²) < 4.78 is 5.10. The van der Waals surface area contributed by atoms with Gasteiger partial charge in [-0.2, -0.15) is 5.26 Å². The highest BCUT2D eigenvalue weighted by Crippen LogP contribution is 2.26. The molecule has 0 aliphatic carbocycles. The molecule has 0 aliphatic rings. The Hall–Kier alpha value is -3.14. The van der Waals surface area contributed by atoms with Crippen LogP contribution in [0.15, 0.2) is 39.5 Å². The molecule has 1 aromatic heterocycles. The van der Waals surface area contributed by atoms with Crippen molar-refractivity contribution in [1.82, 2.24) is 0 Å². The molecule has 1 aromatic carbocycles. The van der Waals surface area contributed by atoms with Crippen molar-refractivity contribution in [3.8, 4) is 17.4 Å². The zero-order chi connectivity index (χ0) is 15.6. The fraction of sp³-hybridized carbons (Fsp3) is 0.143. The lowest BCUT2D eigenvalue weighted by Gasteiger charge is -2.14. The average Bonchev–Trinajstić information content (AvgIpc) is 2.46. The summed E-state index contributed by atoms with van der Waals surface area (Å²) in [6.07, 6.45) is 0. The first-order chi connectivity index (χ1) is 9.93. The monoisotopic (exact) mass is 285 g/mol. The highest BCUT2D eigenvalue weighted by Gasteiger charge is 2.15. The van der Waals surface area contributed by atoms with Crippen molar-refractivity contribution in [3.63, 3.8) is 0 Å². The summed E-state index contributed by atoms with van der Waals surface area (Å²) in [4.78, 5) is 23.6. The molecule has 2 aromatic rings. The molecule has 2 rings (SSSR count). The molecule has 21 heavy (non-hydrogen) atoms. The van der Waals surface area contributed by atoms with Crippen LogP contribution in [0.25, 0.3) is 11.3 Å². The van der Waals surface area contributed by atoms with Gasteiger partial charge in [0, 0.05) is 37.9 Å². The third kappa shape index (κ3) is 2.74. The topological polar surface area (TPSA) is 100 Å². The van der Waals surface area contributed by atoms with Crippen molar-refractivity contribution in [2.45, 2.75) is 0 Å². The Morgan fingerprint density at radius 3 is 2.38 bits per heavy atom. The Morgan fingerprint density at radius 2 is 1.90 bits per heavy atom.